The molecule has 0 amide bonds. The van der Waals surface area contributed by atoms with Crippen LogP contribution >= 0.6 is 23.2 Å². The highest BCUT2D eigenvalue weighted by Crippen LogP contribution is 2.24. The van der Waals surface area contributed by atoms with E-state index in [4.69, 9.17) is 28.9 Å². The molecule has 0 aliphatic heterocycles. The molecule has 0 saturated heterocycles. The van der Waals surface area contributed by atoms with Crippen molar-refractivity contribution < 1.29 is 8.78 Å². The van der Waals surface area contributed by atoms with E-state index in [-0.39, 0.29) is 15.7 Å². The zero-order valence-electron chi connectivity index (χ0n) is 6.35. The van der Waals surface area contributed by atoms with Crippen molar-refractivity contribution in [3.63, 3.8) is 0 Å². The van der Waals surface area contributed by atoms with Crippen molar-refractivity contribution in [2.45, 2.75) is 12.5 Å². The van der Waals surface area contributed by atoms with Crippen LogP contribution in [0.25, 0.3) is 0 Å². The van der Waals surface area contributed by atoms with Gasteiger partial charge in [-0.15, -0.1) is 0 Å². The number of hydrogen-bond acceptors (Lipinski definition) is 2. The van der Waals surface area contributed by atoms with Gasteiger partial charge in [0.25, 0.3) is 6.43 Å². The van der Waals surface area contributed by atoms with E-state index in [1.54, 1.807) is 0 Å². The Bertz CT molecular complexity index is 307. The third-order valence-corrected chi connectivity index (χ3v) is 2.16. The molecule has 0 bridgehead atoms. The Balaban J connectivity index is 2.97. The number of alkyl halides is 2. The van der Waals surface area contributed by atoms with Crippen LogP contribution in [0.5, 0.6) is 0 Å². The van der Waals surface area contributed by atoms with Gasteiger partial charge in [0.1, 0.15) is 5.15 Å². The Morgan fingerprint density at radius 2 is 2.00 bits per heavy atom. The average molecular weight is 227 g/mol. The SMILES string of the molecule is NC(c1cnc(Cl)c(Cl)c1)C(F)F. The van der Waals surface area contributed by atoms with Gasteiger partial charge in [0.05, 0.1) is 11.1 Å². The van der Waals surface area contributed by atoms with Crippen molar-refractivity contribution in [3.05, 3.63) is 28.0 Å². The molecule has 2 nitrogen and oxygen atoms in total. The summed E-state index contributed by atoms with van der Waals surface area (Å²) in [6.07, 6.45) is -1.45. The van der Waals surface area contributed by atoms with Crippen molar-refractivity contribution in [1.82, 2.24) is 4.98 Å². The van der Waals surface area contributed by atoms with Gasteiger partial charge in [-0.05, 0) is 11.6 Å². The molecule has 0 aromatic carbocycles. The summed E-state index contributed by atoms with van der Waals surface area (Å²) in [4.78, 5) is 3.60. The van der Waals surface area contributed by atoms with E-state index >= 15 is 0 Å². The van der Waals surface area contributed by atoms with Crippen LogP contribution in [-0.4, -0.2) is 11.4 Å². The number of pyridine rings is 1. The number of aromatic nitrogens is 1. The first-order valence-electron chi connectivity index (χ1n) is 3.37. The first-order chi connectivity index (χ1) is 6.02. The molecular formula is C7H6Cl2F2N2. The van der Waals surface area contributed by atoms with Gasteiger partial charge in [0.2, 0.25) is 0 Å². The maximum Gasteiger partial charge on any atom is 0.257 e. The molecule has 1 aromatic heterocycles. The lowest BCUT2D eigenvalue weighted by Crippen LogP contribution is -2.19. The zero-order chi connectivity index (χ0) is 10.0. The molecule has 1 heterocycles. The highest BCUT2D eigenvalue weighted by molar-refractivity contribution is 6.41. The van der Waals surface area contributed by atoms with Gasteiger partial charge >= 0.3 is 0 Å². The number of hydrogen-bond donors (Lipinski definition) is 1. The standard InChI is InChI=1S/C7H6Cl2F2N2/c8-4-1-3(2-13-6(4)9)5(12)7(10)11/h1-2,5,7H,12H2. The third-order valence-electron chi connectivity index (χ3n) is 1.47. The van der Waals surface area contributed by atoms with Crippen LogP contribution in [0, 0.1) is 0 Å². The van der Waals surface area contributed by atoms with Gasteiger partial charge < -0.3 is 5.73 Å². The Labute approximate surface area is 83.7 Å². The number of halogens is 4. The summed E-state index contributed by atoms with van der Waals surface area (Å²) >= 11 is 11.1. The monoisotopic (exact) mass is 226 g/mol. The fraction of sp³-hybridized carbons (Fsp3) is 0.286. The average Bonchev–Trinajstić information content (AvgIpc) is 2.08. The summed E-state index contributed by atoms with van der Waals surface area (Å²) in [5, 5.41) is 0.196. The molecule has 0 aliphatic rings. The van der Waals surface area contributed by atoms with Crippen molar-refractivity contribution in [2.75, 3.05) is 0 Å². The van der Waals surface area contributed by atoms with Crippen molar-refractivity contribution in [2.24, 2.45) is 5.73 Å². The van der Waals surface area contributed by atoms with Gasteiger partial charge in [0.15, 0.2) is 0 Å². The fourth-order valence-electron chi connectivity index (χ4n) is 0.764. The Hall–Kier alpha value is -0.450. The van der Waals surface area contributed by atoms with Gasteiger partial charge in [-0.3, -0.25) is 0 Å². The largest absolute Gasteiger partial charge is 0.319 e. The Kier molecular flexibility index (Phi) is 3.41. The van der Waals surface area contributed by atoms with E-state index < -0.39 is 12.5 Å². The lowest BCUT2D eigenvalue weighted by atomic mass is 10.1. The molecule has 6 heteroatoms. The van der Waals surface area contributed by atoms with Crippen LogP contribution in [0.15, 0.2) is 12.3 Å². The van der Waals surface area contributed by atoms with E-state index in [1.165, 1.54) is 12.3 Å². The van der Waals surface area contributed by atoms with Gasteiger partial charge in [-0.2, -0.15) is 0 Å². The zero-order valence-corrected chi connectivity index (χ0v) is 7.86. The van der Waals surface area contributed by atoms with E-state index in [1.807, 2.05) is 0 Å². The highest BCUT2D eigenvalue weighted by Gasteiger charge is 2.18. The minimum atomic E-state index is -2.64. The van der Waals surface area contributed by atoms with Crippen LogP contribution in [0.3, 0.4) is 0 Å². The second-order valence-corrected chi connectivity index (χ2v) is 3.17. The summed E-state index contributed by atoms with van der Waals surface area (Å²) < 4.78 is 24.2. The van der Waals surface area contributed by atoms with Crippen LogP contribution < -0.4 is 5.73 Å². The van der Waals surface area contributed by atoms with Crippen LogP contribution in [0.4, 0.5) is 8.78 Å². The molecule has 13 heavy (non-hydrogen) atoms. The molecule has 1 unspecified atom stereocenters. The van der Waals surface area contributed by atoms with Crippen molar-refractivity contribution >= 4 is 23.2 Å². The normalized spacial score (nSPS) is 13.4. The number of rotatable bonds is 2. The molecular weight excluding hydrogens is 221 g/mol. The lowest BCUT2D eigenvalue weighted by molar-refractivity contribution is 0.116. The highest BCUT2D eigenvalue weighted by atomic mass is 35.5. The minimum Gasteiger partial charge on any atom is -0.319 e. The predicted octanol–water partition coefficient (Wildman–Crippen LogP) is 2.65. The maximum absolute atomic E-state index is 12.1. The van der Waals surface area contributed by atoms with Crippen LogP contribution in [0.1, 0.15) is 11.6 Å². The molecule has 0 spiro atoms. The van der Waals surface area contributed by atoms with Gasteiger partial charge in [0, 0.05) is 6.20 Å². The van der Waals surface area contributed by atoms with Crippen molar-refractivity contribution in [1.29, 1.82) is 0 Å². The van der Waals surface area contributed by atoms with Crippen LogP contribution in [0.2, 0.25) is 10.2 Å². The topological polar surface area (TPSA) is 38.9 Å². The smallest absolute Gasteiger partial charge is 0.257 e. The van der Waals surface area contributed by atoms with Gasteiger partial charge in [-0.1, -0.05) is 23.2 Å². The number of nitrogens with two attached hydrogens (primary N) is 1. The molecule has 2 N–H and O–H groups in total. The summed E-state index contributed by atoms with van der Waals surface area (Å²) in [7, 11) is 0. The molecule has 72 valence electrons. The lowest BCUT2D eigenvalue weighted by Gasteiger charge is -2.10. The molecule has 1 aromatic rings. The molecule has 1 rings (SSSR count). The van der Waals surface area contributed by atoms with E-state index in [0.717, 1.165) is 0 Å². The Morgan fingerprint density at radius 1 is 1.38 bits per heavy atom. The summed E-state index contributed by atoms with van der Waals surface area (Å²) in [5.41, 5.74) is 5.34. The summed E-state index contributed by atoms with van der Waals surface area (Å²) in [6.45, 7) is 0. The van der Waals surface area contributed by atoms with E-state index in [2.05, 4.69) is 4.98 Å². The summed E-state index contributed by atoms with van der Waals surface area (Å²) in [5.74, 6) is 0. The molecule has 0 aliphatic carbocycles. The number of nitrogens with zero attached hydrogens (tertiary/aromatic N) is 1. The third kappa shape index (κ3) is 2.49. The Morgan fingerprint density at radius 3 is 2.46 bits per heavy atom. The first-order valence-corrected chi connectivity index (χ1v) is 4.12. The second-order valence-electron chi connectivity index (χ2n) is 2.40. The fourth-order valence-corrected chi connectivity index (χ4v) is 1.04. The molecule has 0 fully saturated rings. The first kappa shape index (κ1) is 10.6. The molecule has 0 saturated carbocycles. The van der Waals surface area contributed by atoms with Crippen molar-refractivity contribution in [3.8, 4) is 0 Å². The van der Waals surface area contributed by atoms with E-state index in [0.29, 0.717) is 0 Å². The quantitative estimate of drug-likeness (QED) is 0.788. The van der Waals surface area contributed by atoms with E-state index in [9.17, 15) is 8.78 Å². The maximum atomic E-state index is 12.1. The van der Waals surface area contributed by atoms with Crippen LogP contribution in [-0.2, 0) is 0 Å². The molecule has 0 radical (unpaired) electrons. The predicted molar refractivity (Wildman–Crippen MR) is 47.2 cm³/mol. The second kappa shape index (κ2) is 4.17. The van der Waals surface area contributed by atoms with Gasteiger partial charge in [-0.25, -0.2) is 13.8 Å². The summed E-state index contributed by atoms with van der Waals surface area (Å²) in [6, 6.07) is -0.0875. The minimum absolute atomic E-state index is 0.0758. The molecule has 1 atom stereocenters.